The van der Waals surface area contributed by atoms with Gasteiger partial charge in [0.2, 0.25) is 0 Å². The molecule has 1 fully saturated rings. The molecule has 0 aliphatic carbocycles. The molecular weight excluding hydrogens is 294 g/mol. The summed E-state index contributed by atoms with van der Waals surface area (Å²) in [5, 5.41) is 0.862. The molecule has 4 heteroatoms. The Hall–Kier alpha value is -2.00. The van der Waals surface area contributed by atoms with Crippen LogP contribution in [0.25, 0.3) is 11.0 Å². The van der Waals surface area contributed by atoms with Crippen molar-refractivity contribution in [2.45, 2.75) is 18.9 Å². The highest BCUT2D eigenvalue weighted by atomic mass is 35.5. The van der Waals surface area contributed by atoms with Crippen LogP contribution in [0.2, 0.25) is 5.02 Å². The lowest BCUT2D eigenvalue weighted by Gasteiger charge is -2.28. The standard InChI is InChI=1S/C18H18ClN3/c1-21-12-20-16-9-8-13(11-18(16)21)22-10-4-7-17(22)14-5-2-3-6-15(14)19/h2-3,5-6,8-9,11-12,17H,4,7,10H2,1H3. The maximum absolute atomic E-state index is 6.42. The molecular formula is C18H18ClN3. The summed E-state index contributed by atoms with van der Waals surface area (Å²) in [6.07, 6.45) is 4.20. The zero-order valence-corrected chi connectivity index (χ0v) is 13.3. The summed E-state index contributed by atoms with van der Waals surface area (Å²) in [6, 6.07) is 15.1. The highest BCUT2D eigenvalue weighted by Crippen LogP contribution is 2.39. The second-order valence-electron chi connectivity index (χ2n) is 5.90. The molecule has 1 unspecified atom stereocenters. The van der Waals surface area contributed by atoms with Crippen molar-refractivity contribution in [2.75, 3.05) is 11.4 Å². The van der Waals surface area contributed by atoms with E-state index in [2.05, 4.69) is 44.8 Å². The molecule has 3 aromatic rings. The van der Waals surface area contributed by atoms with Crippen LogP contribution in [0.15, 0.2) is 48.8 Å². The van der Waals surface area contributed by atoms with Gasteiger partial charge >= 0.3 is 0 Å². The molecule has 4 rings (SSSR count). The Morgan fingerprint density at radius 3 is 2.91 bits per heavy atom. The van der Waals surface area contributed by atoms with Crippen LogP contribution in [0.5, 0.6) is 0 Å². The van der Waals surface area contributed by atoms with Gasteiger partial charge in [-0.15, -0.1) is 0 Å². The first-order valence-electron chi connectivity index (χ1n) is 7.66. The number of aromatic nitrogens is 2. The second kappa shape index (κ2) is 5.33. The van der Waals surface area contributed by atoms with Crippen molar-refractivity contribution in [2.24, 2.45) is 7.05 Å². The van der Waals surface area contributed by atoms with Crippen molar-refractivity contribution < 1.29 is 0 Å². The van der Waals surface area contributed by atoms with Crippen LogP contribution < -0.4 is 4.90 Å². The normalized spacial score (nSPS) is 18.3. The van der Waals surface area contributed by atoms with E-state index in [0.717, 1.165) is 23.5 Å². The van der Waals surface area contributed by atoms with Gasteiger partial charge < -0.3 is 9.47 Å². The van der Waals surface area contributed by atoms with Crippen molar-refractivity contribution in [1.82, 2.24) is 9.55 Å². The number of rotatable bonds is 2. The lowest BCUT2D eigenvalue weighted by molar-refractivity contribution is 0.720. The van der Waals surface area contributed by atoms with E-state index in [4.69, 9.17) is 11.6 Å². The van der Waals surface area contributed by atoms with E-state index in [9.17, 15) is 0 Å². The fourth-order valence-electron chi connectivity index (χ4n) is 3.44. The molecule has 22 heavy (non-hydrogen) atoms. The van der Waals surface area contributed by atoms with Crippen molar-refractivity contribution in [1.29, 1.82) is 0 Å². The minimum atomic E-state index is 0.361. The number of nitrogens with zero attached hydrogens (tertiary/aromatic N) is 3. The molecule has 112 valence electrons. The monoisotopic (exact) mass is 311 g/mol. The molecule has 0 amide bonds. The van der Waals surface area contributed by atoms with Crippen LogP contribution in [0, 0.1) is 0 Å². The summed E-state index contributed by atoms with van der Waals surface area (Å²) in [5.41, 5.74) is 4.69. The summed E-state index contributed by atoms with van der Waals surface area (Å²) in [6.45, 7) is 1.07. The Morgan fingerprint density at radius 2 is 2.05 bits per heavy atom. The van der Waals surface area contributed by atoms with E-state index < -0.39 is 0 Å². The van der Waals surface area contributed by atoms with E-state index in [0.29, 0.717) is 6.04 Å². The van der Waals surface area contributed by atoms with Crippen LogP contribution in [0.3, 0.4) is 0 Å². The van der Waals surface area contributed by atoms with Crippen molar-refractivity contribution >= 4 is 28.3 Å². The predicted octanol–water partition coefficient (Wildman–Crippen LogP) is 4.57. The summed E-state index contributed by atoms with van der Waals surface area (Å²) >= 11 is 6.42. The quantitative estimate of drug-likeness (QED) is 0.691. The largest absolute Gasteiger partial charge is 0.364 e. The van der Waals surface area contributed by atoms with Crippen LogP contribution in [-0.2, 0) is 7.05 Å². The van der Waals surface area contributed by atoms with Gasteiger partial charge in [-0.1, -0.05) is 29.8 Å². The van der Waals surface area contributed by atoms with Crippen molar-refractivity contribution in [3.8, 4) is 0 Å². The first-order valence-corrected chi connectivity index (χ1v) is 8.04. The lowest BCUT2D eigenvalue weighted by Crippen LogP contribution is -2.22. The van der Waals surface area contributed by atoms with E-state index in [1.54, 1.807) is 0 Å². The van der Waals surface area contributed by atoms with Gasteiger partial charge in [-0.25, -0.2) is 4.98 Å². The fraction of sp³-hybridized carbons (Fsp3) is 0.278. The Balaban J connectivity index is 1.76. The van der Waals surface area contributed by atoms with Gasteiger partial charge in [0.05, 0.1) is 23.4 Å². The third-order valence-electron chi connectivity index (χ3n) is 4.56. The van der Waals surface area contributed by atoms with Crippen LogP contribution in [0.4, 0.5) is 5.69 Å². The Kier molecular flexibility index (Phi) is 3.30. The van der Waals surface area contributed by atoms with Gasteiger partial charge in [0.25, 0.3) is 0 Å². The number of benzene rings is 2. The highest BCUT2D eigenvalue weighted by Gasteiger charge is 2.27. The van der Waals surface area contributed by atoms with Gasteiger partial charge in [0.15, 0.2) is 0 Å². The van der Waals surface area contributed by atoms with Crippen LogP contribution in [-0.4, -0.2) is 16.1 Å². The van der Waals surface area contributed by atoms with Crippen molar-refractivity contribution in [3.05, 3.63) is 59.4 Å². The van der Waals surface area contributed by atoms with Crippen LogP contribution >= 0.6 is 11.6 Å². The molecule has 0 N–H and O–H groups in total. The van der Waals surface area contributed by atoms with E-state index in [1.807, 2.05) is 25.5 Å². The summed E-state index contributed by atoms with van der Waals surface area (Å²) in [4.78, 5) is 6.87. The smallest absolute Gasteiger partial charge is 0.0955 e. The lowest BCUT2D eigenvalue weighted by atomic mass is 10.0. The third-order valence-corrected chi connectivity index (χ3v) is 4.90. The van der Waals surface area contributed by atoms with Gasteiger partial charge in [-0.2, -0.15) is 0 Å². The molecule has 0 spiro atoms. The molecule has 0 radical (unpaired) electrons. The number of halogens is 1. The van der Waals surface area contributed by atoms with E-state index in [1.165, 1.54) is 23.2 Å². The zero-order chi connectivity index (χ0) is 15.1. The molecule has 2 aromatic carbocycles. The molecule has 2 heterocycles. The van der Waals surface area contributed by atoms with E-state index >= 15 is 0 Å². The molecule has 3 nitrogen and oxygen atoms in total. The van der Waals surface area contributed by atoms with Gasteiger partial charge in [-0.3, -0.25) is 0 Å². The zero-order valence-electron chi connectivity index (χ0n) is 12.5. The molecule has 1 saturated heterocycles. The molecule has 0 saturated carbocycles. The van der Waals surface area contributed by atoms with Gasteiger partial charge in [-0.05, 0) is 42.7 Å². The van der Waals surface area contributed by atoms with Crippen molar-refractivity contribution in [3.63, 3.8) is 0 Å². The first-order chi connectivity index (χ1) is 10.7. The van der Waals surface area contributed by atoms with E-state index in [-0.39, 0.29) is 0 Å². The molecule has 1 atom stereocenters. The fourth-order valence-corrected chi connectivity index (χ4v) is 3.70. The SMILES string of the molecule is Cn1cnc2ccc(N3CCCC3c3ccccc3Cl)cc21. The average Bonchev–Trinajstić information content (AvgIpc) is 3.15. The van der Waals surface area contributed by atoms with Gasteiger partial charge in [0, 0.05) is 24.3 Å². The molecule has 1 aliphatic heterocycles. The van der Waals surface area contributed by atoms with Crippen LogP contribution in [0.1, 0.15) is 24.4 Å². The third kappa shape index (κ3) is 2.17. The minimum absolute atomic E-state index is 0.361. The molecule has 0 bridgehead atoms. The summed E-state index contributed by atoms with van der Waals surface area (Å²) < 4.78 is 2.07. The highest BCUT2D eigenvalue weighted by molar-refractivity contribution is 6.31. The van der Waals surface area contributed by atoms with Gasteiger partial charge in [0.1, 0.15) is 0 Å². The Labute approximate surface area is 135 Å². The number of imidazole rings is 1. The molecule has 1 aliphatic rings. The number of anilines is 1. The number of hydrogen-bond donors (Lipinski definition) is 0. The average molecular weight is 312 g/mol. The number of aryl methyl sites for hydroxylation is 1. The maximum Gasteiger partial charge on any atom is 0.0955 e. The Bertz CT molecular complexity index is 824. The molecule has 1 aromatic heterocycles. The minimum Gasteiger partial charge on any atom is -0.364 e. The summed E-state index contributed by atoms with van der Waals surface area (Å²) in [5.74, 6) is 0. The topological polar surface area (TPSA) is 21.1 Å². The Morgan fingerprint density at radius 1 is 1.18 bits per heavy atom. The number of hydrogen-bond acceptors (Lipinski definition) is 2. The maximum atomic E-state index is 6.42. The predicted molar refractivity (Wildman–Crippen MR) is 91.5 cm³/mol. The first kappa shape index (κ1) is 13.6. The second-order valence-corrected chi connectivity index (χ2v) is 6.31. The number of fused-ring (bicyclic) bond motifs is 1. The summed E-state index contributed by atoms with van der Waals surface area (Å²) in [7, 11) is 2.04.